The van der Waals surface area contributed by atoms with E-state index in [0.717, 1.165) is 0 Å². The molecule has 0 saturated carbocycles. The maximum Gasteiger partial charge on any atom is 0.408 e. The lowest BCUT2D eigenvalue weighted by Crippen LogP contribution is -2.38. The van der Waals surface area contributed by atoms with Gasteiger partial charge in [-0.3, -0.25) is 4.90 Å². The van der Waals surface area contributed by atoms with Gasteiger partial charge >= 0.3 is 6.18 Å². The second-order valence-corrected chi connectivity index (χ2v) is 4.95. The van der Waals surface area contributed by atoms with E-state index in [0.29, 0.717) is 13.1 Å². The second-order valence-electron chi connectivity index (χ2n) is 4.95. The molecule has 3 atom stereocenters. The molecule has 2 N–H and O–H groups in total. The van der Waals surface area contributed by atoms with Gasteiger partial charge in [-0.05, 0) is 11.5 Å². The number of benzene rings is 1. The van der Waals surface area contributed by atoms with Gasteiger partial charge in [0.1, 0.15) is 6.04 Å². The van der Waals surface area contributed by atoms with Gasteiger partial charge in [-0.15, -0.1) is 0 Å². The average molecular weight is 258 g/mol. The SMILES string of the molecule is CC1CN(C(c2ccccc2)C(F)(F)F)CC1N. The van der Waals surface area contributed by atoms with Crippen molar-refractivity contribution in [3.05, 3.63) is 35.9 Å². The molecule has 1 aromatic rings. The Morgan fingerprint density at radius 2 is 1.83 bits per heavy atom. The zero-order valence-electron chi connectivity index (χ0n) is 10.2. The summed E-state index contributed by atoms with van der Waals surface area (Å²) in [5, 5.41) is 0. The number of rotatable bonds is 2. The van der Waals surface area contributed by atoms with E-state index in [4.69, 9.17) is 5.73 Å². The number of hydrogen-bond donors (Lipinski definition) is 1. The quantitative estimate of drug-likeness (QED) is 0.883. The molecule has 5 heteroatoms. The summed E-state index contributed by atoms with van der Waals surface area (Å²) in [6.45, 7) is 2.57. The number of hydrogen-bond acceptors (Lipinski definition) is 2. The molecule has 1 saturated heterocycles. The fourth-order valence-corrected chi connectivity index (χ4v) is 2.48. The lowest BCUT2D eigenvalue weighted by molar-refractivity contribution is -0.184. The first kappa shape index (κ1) is 13.4. The van der Waals surface area contributed by atoms with Crippen molar-refractivity contribution < 1.29 is 13.2 Å². The Bertz CT molecular complexity index is 381. The monoisotopic (exact) mass is 258 g/mol. The number of likely N-dealkylation sites (tertiary alicyclic amines) is 1. The molecule has 2 nitrogen and oxygen atoms in total. The molecular formula is C13H17F3N2. The first-order chi connectivity index (χ1) is 8.39. The molecule has 18 heavy (non-hydrogen) atoms. The van der Waals surface area contributed by atoms with Crippen LogP contribution < -0.4 is 5.73 Å². The van der Waals surface area contributed by atoms with Crippen molar-refractivity contribution in [3.8, 4) is 0 Å². The molecule has 2 rings (SSSR count). The maximum atomic E-state index is 13.2. The van der Waals surface area contributed by atoms with Crippen LogP contribution in [0, 0.1) is 5.92 Å². The van der Waals surface area contributed by atoms with E-state index in [1.165, 1.54) is 17.0 Å². The molecular weight excluding hydrogens is 241 g/mol. The summed E-state index contributed by atoms with van der Waals surface area (Å²) in [4.78, 5) is 1.44. The molecule has 0 bridgehead atoms. The molecule has 0 aromatic heterocycles. The highest BCUT2D eigenvalue weighted by atomic mass is 19.4. The van der Waals surface area contributed by atoms with E-state index in [2.05, 4.69) is 0 Å². The summed E-state index contributed by atoms with van der Waals surface area (Å²) in [6, 6.07) is 6.29. The fourth-order valence-electron chi connectivity index (χ4n) is 2.48. The average Bonchev–Trinajstić information content (AvgIpc) is 2.58. The lowest BCUT2D eigenvalue weighted by atomic mass is 10.1. The van der Waals surface area contributed by atoms with Crippen molar-refractivity contribution in [2.24, 2.45) is 11.7 Å². The number of alkyl halides is 3. The Kier molecular flexibility index (Phi) is 3.64. The van der Waals surface area contributed by atoms with Gasteiger partial charge in [0.2, 0.25) is 0 Å². The Morgan fingerprint density at radius 1 is 1.22 bits per heavy atom. The number of nitrogens with two attached hydrogens (primary N) is 1. The molecule has 1 fully saturated rings. The van der Waals surface area contributed by atoms with Crippen LogP contribution in [-0.4, -0.2) is 30.2 Å². The molecule has 3 unspecified atom stereocenters. The summed E-state index contributed by atoms with van der Waals surface area (Å²) >= 11 is 0. The zero-order valence-corrected chi connectivity index (χ0v) is 10.2. The highest BCUT2D eigenvalue weighted by molar-refractivity contribution is 5.21. The van der Waals surface area contributed by atoms with Crippen molar-refractivity contribution in [1.82, 2.24) is 4.90 Å². The molecule has 0 spiro atoms. The largest absolute Gasteiger partial charge is 0.408 e. The first-order valence-electron chi connectivity index (χ1n) is 6.01. The van der Waals surface area contributed by atoms with Gasteiger partial charge in [-0.1, -0.05) is 37.3 Å². The van der Waals surface area contributed by atoms with Crippen LogP contribution in [0.1, 0.15) is 18.5 Å². The van der Waals surface area contributed by atoms with Gasteiger partial charge in [0, 0.05) is 19.1 Å². The molecule has 1 aliphatic rings. The topological polar surface area (TPSA) is 29.3 Å². The van der Waals surface area contributed by atoms with Crippen LogP contribution in [-0.2, 0) is 0 Å². The van der Waals surface area contributed by atoms with E-state index < -0.39 is 12.2 Å². The Morgan fingerprint density at radius 3 is 2.28 bits per heavy atom. The Labute approximate surface area is 105 Å². The van der Waals surface area contributed by atoms with Crippen molar-refractivity contribution in [2.75, 3.05) is 13.1 Å². The third-order valence-corrected chi connectivity index (χ3v) is 3.49. The second kappa shape index (κ2) is 4.90. The highest BCUT2D eigenvalue weighted by Crippen LogP contribution is 2.39. The molecule has 1 aliphatic heterocycles. The molecule has 1 heterocycles. The molecule has 0 amide bonds. The summed E-state index contributed by atoms with van der Waals surface area (Å²) < 4.78 is 39.7. The van der Waals surface area contributed by atoms with E-state index in [-0.39, 0.29) is 17.5 Å². The van der Waals surface area contributed by atoms with Crippen LogP contribution in [0.3, 0.4) is 0 Å². The number of halogens is 3. The maximum absolute atomic E-state index is 13.2. The van der Waals surface area contributed by atoms with Crippen LogP contribution in [0.15, 0.2) is 30.3 Å². The minimum atomic E-state index is -4.27. The minimum absolute atomic E-state index is 0.0959. The Balaban J connectivity index is 2.28. The van der Waals surface area contributed by atoms with Gasteiger partial charge in [0.15, 0.2) is 0 Å². The number of nitrogens with zero attached hydrogens (tertiary/aromatic N) is 1. The summed E-state index contributed by atoms with van der Waals surface area (Å²) in [5.41, 5.74) is 6.10. The molecule has 1 aromatic carbocycles. The smallest absolute Gasteiger partial charge is 0.326 e. The van der Waals surface area contributed by atoms with Crippen molar-refractivity contribution in [1.29, 1.82) is 0 Å². The summed E-state index contributed by atoms with van der Waals surface area (Å²) in [6.07, 6.45) is -4.27. The third-order valence-electron chi connectivity index (χ3n) is 3.49. The standard InChI is InChI=1S/C13H17F3N2/c1-9-7-18(8-11(9)17)12(13(14,15)16)10-5-3-2-4-6-10/h2-6,9,11-12H,7-8,17H2,1H3. The van der Waals surface area contributed by atoms with Crippen molar-refractivity contribution in [3.63, 3.8) is 0 Å². The van der Waals surface area contributed by atoms with E-state index >= 15 is 0 Å². The van der Waals surface area contributed by atoms with Gasteiger partial charge in [-0.25, -0.2) is 0 Å². The van der Waals surface area contributed by atoms with Crippen LogP contribution in [0.25, 0.3) is 0 Å². The van der Waals surface area contributed by atoms with Crippen molar-refractivity contribution in [2.45, 2.75) is 25.2 Å². The van der Waals surface area contributed by atoms with Crippen LogP contribution in [0.4, 0.5) is 13.2 Å². The molecule has 0 radical (unpaired) electrons. The van der Waals surface area contributed by atoms with Gasteiger partial charge < -0.3 is 5.73 Å². The summed E-state index contributed by atoms with van der Waals surface area (Å²) in [7, 11) is 0. The van der Waals surface area contributed by atoms with E-state index in [1.807, 2.05) is 6.92 Å². The highest BCUT2D eigenvalue weighted by Gasteiger charge is 2.47. The predicted molar refractivity (Wildman–Crippen MR) is 64.0 cm³/mol. The lowest BCUT2D eigenvalue weighted by Gasteiger charge is -2.30. The molecule has 0 aliphatic carbocycles. The van der Waals surface area contributed by atoms with Gasteiger partial charge in [0.25, 0.3) is 0 Å². The third kappa shape index (κ3) is 2.67. The van der Waals surface area contributed by atoms with E-state index in [9.17, 15) is 13.2 Å². The Hall–Kier alpha value is -1.07. The van der Waals surface area contributed by atoms with Crippen LogP contribution >= 0.6 is 0 Å². The predicted octanol–water partition coefficient (Wildman–Crippen LogP) is 2.57. The van der Waals surface area contributed by atoms with Gasteiger partial charge in [-0.2, -0.15) is 13.2 Å². The normalized spacial score (nSPS) is 27.4. The van der Waals surface area contributed by atoms with Crippen LogP contribution in [0.5, 0.6) is 0 Å². The molecule has 100 valence electrons. The fraction of sp³-hybridized carbons (Fsp3) is 0.538. The van der Waals surface area contributed by atoms with E-state index in [1.54, 1.807) is 18.2 Å². The van der Waals surface area contributed by atoms with Crippen molar-refractivity contribution >= 4 is 0 Å². The zero-order chi connectivity index (χ0) is 13.3. The van der Waals surface area contributed by atoms with Gasteiger partial charge in [0.05, 0.1) is 0 Å². The van der Waals surface area contributed by atoms with Crippen LogP contribution in [0.2, 0.25) is 0 Å². The minimum Gasteiger partial charge on any atom is -0.326 e. The summed E-state index contributed by atoms with van der Waals surface area (Å²) in [5.74, 6) is 0.0959. The first-order valence-corrected chi connectivity index (χ1v) is 6.01.